The molecule has 2 saturated heterocycles. The van der Waals surface area contributed by atoms with Crippen molar-refractivity contribution in [2.75, 3.05) is 32.8 Å². The van der Waals surface area contributed by atoms with Crippen LogP contribution >= 0.6 is 0 Å². The highest BCUT2D eigenvalue weighted by molar-refractivity contribution is 5.76. The molecule has 2 aromatic carbocycles. The SMILES string of the molecule is Cc1cccc(CN2CCC[C@@]3(CCN(C(=O)CCOc4ccccc4)C3)C2)c1. The van der Waals surface area contributed by atoms with Gasteiger partial charge in [-0.05, 0) is 50.4 Å². The smallest absolute Gasteiger partial charge is 0.226 e. The Kier molecular flexibility index (Phi) is 6.19. The third-order valence-corrected chi connectivity index (χ3v) is 6.35. The summed E-state index contributed by atoms with van der Waals surface area (Å²) in [7, 11) is 0. The number of hydrogen-bond donors (Lipinski definition) is 0. The van der Waals surface area contributed by atoms with E-state index in [4.69, 9.17) is 4.74 Å². The maximum Gasteiger partial charge on any atom is 0.226 e. The largest absolute Gasteiger partial charge is 0.493 e. The Morgan fingerprint density at radius 1 is 1.03 bits per heavy atom. The lowest BCUT2D eigenvalue weighted by atomic mass is 9.79. The van der Waals surface area contributed by atoms with Crippen molar-refractivity contribution in [3.63, 3.8) is 0 Å². The zero-order chi connectivity index (χ0) is 20.1. The molecule has 0 radical (unpaired) electrons. The fourth-order valence-corrected chi connectivity index (χ4v) is 4.93. The zero-order valence-corrected chi connectivity index (χ0v) is 17.5. The van der Waals surface area contributed by atoms with Crippen molar-refractivity contribution in [2.24, 2.45) is 5.41 Å². The van der Waals surface area contributed by atoms with Gasteiger partial charge in [0.05, 0.1) is 13.0 Å². The first-order valence-electron chi connectivity index (χ1n) is 10.9. The quantitative estimate of drug-likeness (QED) is 0.736. The van der Waals surface area contributed by atoms with Crippen molar-refractivity contribution in [1.29, 1.82) is 0 Å². The Hall–Kier alpha value is -2.33. The Morgan fingerprint density at radius 3 is 2.72 bits per heavy atom. The molecular formula is C25H32N2O2. The number of benzene rings is 2. The van der Waals surface area contributed by atoms with Gasteiger partial charge in [-0.1, -0.05) is 48.0 Å². The van der Waals surface area contributed by atoms with Gasteiger partial charge < -0.3 is 9.64 Å². The predicted molar refractivity (Wildman–Crippen MR) is 116 cm³/mol. The van der Waals surface area contributed by atoms with Crippen molar-refractivity contribution in [3.8, 4) is 5.75 Å². The molecule has 0 bridgehead atoms. The number of piperidine rings is 1. The van der Waals surface area contributed by atoms with E-state index in [1.807, 2.05) is 30.3 Å². The van der Waals surface area contributed by atoms with Crippen LogP contribution in [0.4, 0.5) is 0 Å². The van der Waals surface area contributed by atoms with Crippen molar-refractivity contribution in [2.45, 2.75) is 39.2 Å². The van der Waals surface area contributed by atoms with Crippen LogP contribution in [0.25, 0.3) is 0 Å². The number of aryl methyl sites for hydroxylation is 1. The van der Waals surface area contributed by atoms with Crippen LogP contribution in [0, 0.1) is 12.3 Å². The highest BCUT2D eigenvalue weighted by Gasteiger charge is 2.42. The molecule has 1 atom stereocenters. The summed E-state index contributed by atoms with van der Waals surface area (Å²) in [6.45, 7) is 7.68. The minimum Gasteiger partial charge on any atom is -0.493 e. The molecule has 1 spiro atoms. The van der Waals surface area contributed by atoms with Gasteiger partial charge in [-0.2, -0.15) is 0 Å². The summed E-state index contributed by atoms with van der Waals surface area (Å²) < 4.78 is 5.71. The summed E-state index contributed by atoms with van der Waals surface area (Å²) in [5.41, 5.74) is 2.99. The van der Waals surface area contributed by atoms with E-state index in [-0.39, 0.29) is 11.3 Å². The maximum atomic E-state index is 12.7. The summed E-state index contributed by atoms with van der Waals surface area (Å²) in [5, 5.41) is 0. The van der Waals surface area contributed by atoms with Crippen LogP contribution < -0.4 is 4.74 Å². The lowest BCUT2D eigenvalue weighted by Crippen LogP contribution is -2.45. The molecule has 2 fully saturated rings. The summed E-state index contributed by atoms with van der Waals surface area (Å²) in [6, 6.07) is 18.6. The Morgan fingerprint density at radius 2 is 1.90 bits per heavy atom. The predicted octanol–water partition coefficient (Wildman–Crippen LogP) is 4.28. The first-order valence-corrected chi connectivity index (χ1v) is 10.9. The second-order valence-electron chi connectivity index (χ2n) is 8.78. The molecule has 0 aliphatic carbocycles. The van der Waals surface area contributed by atoms with E-state index in [2.05, 4.69) is 41.0 Å². The van der Waals surface area contributed by atoms with Crippen LogP contribution in [0.2, 0.25) is 0 Å². The van der Waals surface area contributed by atoms with E-state index in [1.54, 1.807) is 0 Å². The minimum absolute atomic E-state index is 0.230. The van der Waals surface area contributed by atoms with Gasteiger partial charge in [0.2, 0.25) is 5.91 Å². The molecule has 4 rings (SSSR count). The van der Waals surface area contributed by atoms with Crippen LogP contribution in [-0.4, -0.2) is 48.5 Å². The molecule has 4 heteroatoms. The molecule has 0 aromatic heterocycles. The first-order chi connectivity index (χ1) is 14.1. The number of hydrogen-bond acceptors (Lipinski definition) is 3. The summed E-state index contributed by atoms with van der Waals surface area (Å²) in [4.78, 5) is 17.4. The van der Waals surface area contributed by atoms with Crippen molar-refractivity contribution in [1.82, 2.24) is 9.80 Å². The van der Waals surface area contributed by atoms with Gasteiger partial charge in [0.15, 0.2) is 0 Å². The Bertz CT molecular complexity index is 823. The molecule has 0 N–H and O–H groups in total. The highest BCUT2D eigenvalue weighted by Crippen LogP contribution is 2.39. The highest BCUT2D eigenvalue weighted by atomic mass is 16.5. The minimum atomic E-state index is 0.230. The average molecular weight is 393 g/mol. The topological polar surface area (TPSA) is 32.8 Å². The molecule has 1 amide bonds. The Labute approximate surface area is 174 Å². The van der Waals surface area contributed by atoms with Gasteiger partial charge in [0, 0.05) is 31.6 Å². The average Bonchev–Trinajstić information content (AvgIpc) is 3.12. The number of likely N-dealkylation sites (tertiary alicyclic amines) is 2. The molecule has 29 heavy (non-hydrogen) atoms. The number of amides is 1. The number of carbonyl (C=O) groups excluding carboxylic acids is 1. The van der Waals surface area contributed by atoms with Gasteiger partial charge in [-0.25, -0.2) is 0 Å². The van der Waals surface area contributed by atoms with E-state index in [9.17, 15) is 4.79 Å². The summed E-state index contributed by atoms with van der Waals surface area (Å²) >= 11 is 0. The molecule has 2 aromatic rings. The lowest BCUT2D eigenvalue weighted by Gasteiger charge is -2.40. The molecule has 2 aliphatic rings. The van der Waals surface area contributed by atoms with Gasteiger partial charge >= 0.3 is 0 Å². The molecule has 0 saturated carbocycles. The molecule has 4 nitrogen and oxygen atoms in total. The van der Waals surface area contributed by atoms with Crippen LogP contribution in [0.1, 0.15) is 36.8 Å². The van der Waals surface area contributed by atoms with E-state index < -0.39 is 0 Å². The van der Waals surface area contributed by atoms with Crippen LogP contribution in [0.3, 0.4) is 0 Å². The summed E-state index contributed by atoms with van der Waals surface area (Å²) in [5.74, 6) is 1.06. The maximum absolute atomic E-state index is 12.7. The van der Waals surface area contributed by atoms with Crippen LogP contribution in [-0.2, 0) is 11.3 Å². The molecule has 0 unspecified atom stereocenters. The Balaban J connectivity index is 1.27. The number of ether oxygens (including phenoxy) is 1. The van der Waals surface area contributed by atoms with Crippen molar-refractivity contribution >= 4 is 5.91 Å². The number of nitrogens with zero attached hydrogens (tertiary/aromatic N) is 2. The molecular weight excluding hydrogens is 360 g/mol. The van der Waals surface area contributed by atoms with E-state index in [0.717, 1.165) is 44.9 Å². The molecule has 154 valence electrons. The van der Waals surface area contributed by atoms with Gasteiger partial charge in [0.25, 0.3) is 0 Å². The fraction of sp³-hybridized carbons (Fsp3) is 0.480. The van der Waals surface area contributed by atoms with E-state index in [1.165, 1.54) is 24.0 Å². The van der Waals surface area contributed by atoms with Crippen molar-refractivity contribution in [3.05, 3.63) is 65.7 Å². The van der Waals surface area contributed by atoms with Gasteiger partial charge in [0.1, 0.15) is 5.75 Å². The monoisotopic (exact) mass is 392 g/mol. The van der Waals surface area contributed by atoms with Gasteiger partial charge in [-0.15, -0.1) is 0 Å². The first kappa shape index (κ1) is 20.0. The second-order valence-corrected chi connectivity index (χ2v) is 8.78. The summed E-state index contributed by atoms with van der Waals surface area (Å²) in [6.07, 6.45) is 4.05. The standard InChI is InChI=1S/C25H32N2O2/c1-21-7-5-8-22(17-21)18-26-14-6-12-25(19-26)13-15-27(20-25)24(28)11-16-29-23-9-3-2-4-10-23/h2-5,7-10,17H,6,11-16,18-20H2,1H3/t25-/m1/s1. The second kappa shape index (κ2) is 9.00. The molecule has 2 heterocycles. The van der Waals surface area contributed by atoms with Gasteiger partial charge in [-0.3, -0.25) is 9.69 Å². The van der Waals surface area contributed by atoms with Crippen LogP contribution in [0.5, 0.6) is 5.75 Å². The zero-order valence-electron chi connectivity index (χ0n) is 17.5. The number of rotatable bonds is 6. The normalized spacial score (nSPS) is 22.2. The van der Waals surface area contributed by atoms with E-state index >= 15 is 0 Å². The molecule has 2 aliphatic heterocycles. The third kappa shape index (κ3) is 5.18. The van der Waals surface area contributed by atoms with Crippen molar-refractivity contribution < 1.29 is 9.53 Å². The number of carbonyl (C=O) groups is 1. The number of para-hydroxylation sites is 1. The lowest BCUT2D eigenvalue weighted by molar-refractivity contribution is -0.131. The third-order valence-electron chi connectivity index (χ3n) is 6.35. The fourth-order valence-electron chi connectivity index (χ4n) is 4.93. The van der Waals surface area contributed by atoms with Crippen LogP contribution in [0.15, 0.2) is 54.6 Å². The van der Waals surface area contributed by atoms with E-state index in [0.29, 0.717) is 13.0 Å².